The number of aromatic hydroxyl groups is 1. The van der Waals surface area contributed by atoms with Gasteiger partial charge in [0.25, 0.3) is 5.91 Å². The van der Waals surface area contributed by atoms with E-state index >= 15 is 0 Å². The van der Waals surface area contributed by atoms with Crippen LogP contribution in [0.25, 0.3) is 0 Å². The molecule has 0 aromatic heterocycles. The van der Waals surface area contributed by atoms with E-state index < -0.39 is 0 Å². The molecule has 3 heteroatoms. The molecule has 0 aliphatic heterocycles. The van der Waals surface area contributed by atoms with Crippen molar-refractivity contribution in [3.05, 3.63) is 29.8 Å². The lowest BCUT2D eigenvalue weighted by Crippen LogP contribution is -2.30. The van der Waals surface area contributed by atoms with Crippen molar-refractivity contribution in [3.8, 4) is 5.75 Å². The molecule has 17 heavy (non-hydrogen) atoms. The summed E-state index contributed by atoms with van der Waals surface area (Å²) in [4.78, 5) is 11.8. The number of rotatable bonds is 3. The average molecular weight is 233 g/mol. The molecule has 0 atom stereocenters. The Balaban J connectivity index is 1.82. The Morgan fingerprint density at radius 3 is 2.47 bits per heavy atom. The van der Waals surface area contributed by atoms with E-state index in [0.717, 1.165) is 6.54 Å². The molecular formula is C14H19NO2. The summed E-state index contributed by atoms with van der Waals surface area (Å²) in [6.07, 6.45) is 6.38. The van der Waals surface area contributed by atoms with Crippen LogP contribution in [0.3, 0.4) is 0 Å². The SMILES string of the molecule is O=C(NCC1CCCCC1)c1ccc(O)cc1. The Hall–Kier alpha value is -1.51. The normalized spacial score (nSPS) is 16.7. The third kappa shape index (κ3) is 3.48. The van der Waals surface area contributed by atoms with Gasteiger partial charge >= 0.3 is 0 Å². The zero-order valence-electron chi connectivity index (χ0n) is 9.98. The Labute approximate surface area is 102 Å². The van der Waals surface area contributed by atoms with Crippen LogP contribution in [-0.2, 0) is 0 Å². The van der Waals surface area contributed by atoms with Crippen molar-refractivity contribution >= 4 is 5.91 Å². The van der Waals surface area contributed by atoms with Gasteiger partial charge in [-0.25, -0.2) is 0 Å². The van der Waals surface area contributed by atoms with Crippen molar-refractivity contribution in [2.45, 2.75) is 32.1 Å². The van der Waals surface area contributed by atoms with Crippen LogP contribution < -0.4 is 5.32 Å². The van der Waals surface area contributed by atoms with Gasteiger partial charge in [-0.05, 0) is 43.0 Å². The molecule has 1 aromatic rings. The van der Waals surface area contributed by atoms with Gasteiger partial charge in [-0.2, -0.15) is 0 Å². The summed E-state index contributed by atoms with van der Waals surface area (Å²) in [6, 6.07) is 6.36. The van der Waals surface area contributed by atoms with E-state index in [1.807, 2.05) is 0 Å². The fourth-order valence-corrected chi connectivity index (χ4v) is 2.34. The molecule has 1 aromatic carbocycles. The largest absolute Gasteiger partial charge is 0.508 e. The predicted octanol–water partition coefficient (Wildman–Crippen LogP) is 2.70. The smallest absolute Gasteiger partial charge is 0.251 e. The molecule has 1 fully saturated rings. The molecule has 0 spiro atoms. The van der Waals surface area contributed by atoms with Gasteiger partial charge in [-0.3, -0.25) is 4.79 Å². The standard InChI is InChI=1S/C14H19NO2/c16-13-8-6-12(7-9-13)14(17)15-10-11-4-2-1-3-5-11/h6-9,11,16H,1-5,10H2,(H,15,17). The molecule has 0 bridgehead atoms. The highest BCUT2D eigenvalue weighted by atomic mass is 16.3. The van der Waals surface area contributed by atoms with Gasteiger partial charge in [0.15, 0.2) is 0 Å². The van der Waals surface area contributed by atoms with Gasteiger partial charge in [0.1, 0.15) is 5.75 Å². The van der Waals surface area contributed by atoms with E-state index in [2.05, 4.69) is 5.32 Å². The average Bonchev–Trinajstić information content (AvgIpc) is 2.38. The van der Waals surface area contributed by atoms with Crippen LogP contribution in [0.4, 0.5) is 0 Å². The van der Waals surface area contributed by atoms with Gasteiger partial charge in [0.05, 0.1) is 0 Å². The lowest BCUT2D eigenvalue weighted by Gasteiger charge is -2.21. The summed E-state index contributed by atoms with van der Waals surface area (Å²) in [5.41, 5.74) is 0.610. The van der Waals surface area contributed by atoms with E-state index in [1.165, 1.54) is 44.2 Å². The predicted molar refractivity (Wildman–Crippen MR) is 67.0 cm³/mol. The summed E-state index contributed by atoms with van der Waals surface area (Å²) in [5.74, 6) is 0.786. The first-order valence-corrected chi connectivity index (χ1v) is 6.33. The van der Waals surface area contributed by atoms with Crippen LogP contribution in [0.2, 0.25) is 0 Å². The fourth-order valence-electron chi connectivity index (χ4n) is 2.34. The van der Waals surface area contributed by atoms with Crippen molar-refractivity contribution in [2.24, 2.45) is 5.92 Å². The van der Waals surface area contributed by atoms with Crippen LogP contribution in [0, 0.1) is 5.92 Å². The molecule has 0 heterocycles. The fraction of sp³-hybridized carbons (Fsp3) is 0.500. The molecule has 1 aliphatic carbocycles. The molecule has 92 valence electrons. The second-order valence-electron chi connectivity index (χ2n) is 4.76. The second-order valence-corrected chi connectivity index (χ2v) is 4.76. The molecule has 1 saturated carbocycles. The third-order valence-corrected chi connectivity index (χ3v) is 3.41. The molecule has 2 N–H and O–H groups in total. The number of carbonyl (C=O) groups excluding carboxylic acids is 1. The monoisotopic (exact) mass is 233 g/mol. The van der Waals surface area contributed by atoms with Crippen molar-refractivity contribution < 1.29 is 9.90 Å². The molecule has 2 rings (SSSR count). The highest BCUT2D eigenvalue weighted by Gasteiger charge is 2.14. The minimum absolute atomic E-state index is 0.0458. The zero-order valence-corrected chi connectivity index (χ0v) is 9.98. The maximum Gasteiger partial charge on any atom is 0.251 e. The number of carbonyl (C=O) groups is 1. The van der Waals surface area contributed by atoms with Gasteiger partial charge < -0.3 is 10.4 Å². The van der Waals surface area contributed by atoms with Crippen molar-refractivity contribution in [1.29, 1.82) is 0 Å². The van der Waals surface area contributed by atoms with Crippen LogP contribution >= 0.6 is 0 Å². The van der Waals surface area contributed by atoms with Crippen molar-refractivity contribution in [1.82, 2.24) is 5.32 Å². The lowest BCUT2D eigenvalue weighted by atomic mass is 9.89. The van der Waals surface area contributed by atoms with Crippen molar-refractivity contribution in [3.63, 3.8) is 0 Å². The summed E-state index contributed by atoms with van der Waals surface area (Å²) >= 11 is 0. The number of phenols is 1. The number of phenolic OH excluding ortho intramolecular Hbond substituents is 1. The lowest BCUT2D eigenvalue weighted by molar-refractivity contribution is 0.0943. The quantitative estimate of drug-likeness (QED) is 0.843. The van der Waals surface area contributed by atoms with Crippen LogP contribution in [0.5, 0.6) is 5.75 Å². The van der Waals surface area contributed by atoms with E-state index in [4.69, 9.17) is 5.11 Å². The first-order chi connectivity index (χ1) is 8.25. The Kier molecular flexibility index (Phi) is 4.02. The van der Waals surface area contributed by atoms with Crippen molar-refractivity contribution in [2.75, 3.05) is 6.54 Å². The van der Waals surface area contributed by atoms with Gasteiger partial charge in [0.2, 0.25) is 0 Å². The van der Waals surface area contributed by atoms with E-state index in [0.29, 0.717) is 11.5 Å². The Morgan fingerprint density at radius 2 is 1.82 bits per heavy atom. The Morgan fingerprint density at radius 1 is 1.18 bits per heavy atom. The van der Waals surface area contributed by atoms with Gasteiger partial charge in [0, 0.05) is 12.1 Å². The Bertz CT molecular complexity index is 366. The van der Waals surface area contributed by atoms with Crippen LogP contribution in [0.15, 0.2) is 24.3 Å². The maximum atomic E-state index is 11.8. The summed E-state index contributed by atoms with van der Waals surface area (Å²) in [7, 11) is 0. The first kappa shape index (κ1) is 12.0. The summed E-state index contributed by atoms with van der Waals surface area (Å²) in [5, 5.41) is 12.1. The highest BCUT2D eigenvalue weighted by molar-refractivity contribution is 5.94. The minimum Gasteiger partial charge on any atom is -0.508 e. The number of amides is 1. The van der Waals surface area contributed by atoms with Crippen LogP contribution in [0.1, 0.15) is 42.5 Å². The molecule has 1 aliphatic rings. The highest BCUT2D eigenvalue weighted by Crippen LogP contribution is 2.22. The van der Waals surface area contributed by atoms with E-state index in [1.54, 1.807) is 12.1 Å². The number of nitrogens with one attached hydrogen (secondary N) is 1. The number of benzene rings is 1. The molecule has 0 unspecified atom stereocenters. The maximum absolute atomic E-state index is 11.8. The first-order valence-electron chi connectivity index (χ1n) is 6.33. The minimum atomic E-state index is -0.0458. The molecule has 0 radical (unpaired) electrons. The third-order valence-electron chi connectivity index (χ3n) is 3.41. The van der Waals surface area contributed by atoms with Gasteiger partial charge in [-0.15, -0.1) is 0 Å². The zero-order chi connectivity index (χ0) is 12.1. The topological polar surface area (TPSA) is 49.3 Å². The molecule has 3 nitrogen and oxygen atoms in total. The van der Waals surface area contributed by atoms with Crippen LogP contribution in [-0.4, -0.2) is 17.6 Å². The molecular weight excluding hydrogens is 214 g/mol. The molecule has 1 amide bonds. The summed E-state index contributed by atoms with van der Waals surface area (Å²) < 4.78 is 0. The second kappa shape index (κ2) is 5.71. The van der Waals surface area contributed by atoms with E-state index in [-0.39, 0.29) is 11.7 Å². The summed E-state index contributed by atoms with van der Waals surface area (Å²) in [6.45, 7) is 0.777. The van der Waals surface area contributed by atoms with E-state index in [9.17, 15) is 4.79 Å². The number of hydrogen-bond acceptors (Lipinski definition) is 2. The number of hydrogen-bond donors (Lipinski definition) is 2. The van der Waals surface area contributed by atoms with Gasteiger partial charge in [-0.1, -0.05) is 19.3 Å². The molecule has 0 saturated heterocycles.